The molecular weight excluding hydrogens is 208 g/mol. The topological polar surface area (TPSA) is 0 Å². The van der Waals surface area contributed by atoms with Crippen molar-refractivity contribution in [3.8, 4) is 0 Å². The van der Waals surface area contributed by atoms with Gasteiger partial charge >= 0.3 is 0 Å². The summed E-state index contributed by atoms with van der Waals surface area (Å²) in [6, 6.07) is 11.0. The Hall–Kier alpha value is -1.08. The Bertz CT molecular complexity index is 438. The normalized spacial score (nSPS) is 20.6. The largest absolute Gasteiger partial charge is 0.112 e. The first kappa shape index (κ1) is 11.4. The Morgan fingerprint density at radius 1 is 1.00 bits per heavy atom. The fourth-order valence-corrected chi connectivity index (χ4v) is 5.72. The summed E-state index contributed by atoms with van der Waals surface area (Å²) in [5.74, 6) is 0.616. The first-order valence-corrected chi connectivity index (χ1v) is 8.98. The van der Waals surface area contributed by atoms with Gasteiger partial charge in [0, 0.05) is 0 Å². The minimum absolute atomic E-state index is 0.616. The van der Waals surface area contributed by atoms with Crippen LogP contribution < -0.4 is 5.19 Å². The van der Waals surface area contributed by atoms with E-state index in [4.69, 9.17) is 0 Å². The highest BCUT2D eigenvalue weighted by molar-refractivity contribution is 6.96. The molecule has 16 heavy (non-hydrogen) atoms. The molecule has 1 aromatic carbocycles. The molecule has 1 atom stereocenters. The molecule has 1 heteroatoms. The lowest BCUT2D eigenvalue weighted by Gasteiger charge is -2.26. The van der Waals surface area contributed by atoms with Crippen molar-refractivity contribution >= 4 is 13.3 Å². The maximum absolute atomic E-state index is 2.45. The summed E-state index contributed by atoms with van der Waals surface area (Å²) < 4.78 is 0. The molecule has 1 aromatic rings. The predicted molar refractivity (Wildman–Crippen MR) is 74.6 cm³/mol. The standard InChI is InChI=1S/C15H20Si/c1-12-10-13(2)15(11-12)16(3,4)14-8-6-5-7-9-14/h5-12H,1-4H3. The molecular formula is C15H20Si. The van der Waals surface area contributed by atoms with E-state index in [1.165, 1.54) is 10.8 Å². The minimum Gasteiger partial charge on any atom is -0.0780 e. The summed E-state index contributed by atoms with van der Waals surface area (Å²) in [6.45, 7) is 9.42. The lowest BCUT2D eigenvalue weighted by molar-refractivity contribution is 0.954. The van der Waals surface area contributed by atoms with Crippen LogP contribution in [0, 0.1) is 5.92 Å². The molecule has 0 saturated heterocycles. The van der Waals surface area contributed by atoms with E-state index in [1.807, 2.05) is 0 Å². The highest BCUT2D eigenvalue weighted by Crippen LogP contribution is 2.30. The zero-order valence-corrected chi connectivity index (χ0v) is 11.6. The summed E-state index contributed by atoms with van der Waals surface area (Å²) >= 11 is 0. The smallest absolute Gasteiger partial charge is 0.0780 e. The first-order valence-electron chi connectivity index (χ1n) is 5.98. The van der Waals surface area contributed by atoms with Gasteiger partial charge in [0.25, 0.3) is 0 Å². The van der Waals surface area contributed by atoms with Crippen molar-refractivity contribution in [1.29, 1.82) is 0 Å². The summed E-state index contributed by atoms with van der Waals surface area (Å²) in [7, 11) is -1.46. The lowest BCUT2D eigenvalue weighted by Crippen LogP contribution is -2.43. The summed E-state index contributed by atoms with van der Waals surface area (Å²) in [5.41, 5.74) is 1.49. The molecule has 0 aliphatic heterocycles. The Kier molecular flexibility index (Phi) is 2.89. The van der Waals surface area contributed by atoms with E-state index < -0.39 is 8.07 Å². The molecule has 84 valence electrons. The van der Waals surface area contributed by atoms with Crippen molar-refractivity contribution in [3.05, 3.63) is 53.3 Å². The van der Waals surface area contributed by atoms with Crippen LogP contribution in [0.25, 0.3) is 0 Å². The van der Waals surface area contributed by atoms with E-state index >= 15 is 0 Å². The van der Waals surface area contributed by atoms with Crippen LogP contribution in [0.3, 0.4) is 0 Å². The van der Waals surface area contributed by atoms with E-state index in [1.54, 1.807) is 5.20 Å². The van der Waals surface area contributed by atoms with Crippen LogP contribution in [0.15, 0.2) is 53.3 Å². The molecule has 0 saturated carbocycles. The van der Waals surface area contributed by atoms with Gasteiger partial charge in [-0.05, 0) is 12.8 Å². The molecule has 0 fully saturated rings. The van der Waals surface area contributed by atoms with E-state index in [9.17, 15) is 0 Å². The van der Waals surface area contributed by atoms with E-state index in [2.05, 4.69) is 69.4 Å². The molecule has 0 amide bonds. The molecule has 0 aromatic heterocycles. The molecule has 2 rings (SSSR count). The second-order valence-corrected chi connectivity index (χ2v) is 9.65. The van der Waals surface area contributed by atoms with Gasteiger partial charge in [-0.2, -0.15) is 0 Å². The second kappa shape index (κ2) is 4.06. The van der Waals surface area contributed by atoms with Gasteiger partial charge in [-0.1, -0.05) is 78.5 Å². The molecule has 0 nitrogen and oxygen atoms in total. The van der Waals surface area contributed by atoms with Crippen molar-refractivity contribution in [2.75, 3.05) is 0 Å². The van der Waals surface area contributed by atoms with Crippen molar-refractivity contribution < 1.29 is 0 Å². The van der Waals surface area contributed by atoms with Crippen LogP contribution in [-0.2, 0) is 0 Å². The van der Waals surface area contributed by atoms with Gasteiger partial charge in [0.1, 0.15) is 8.07 Å². The predicted octanol–water partition coefficient (Wildman–Crippen LogP) is 3.66. The van der Waals surface area contributed by atoms with Crippen LogP contribution >= 0.6 is 0 Å². The van der Waals surface area contributed by atoms with E-state index in [0.29, 0.717) is 5.92 Å². The molecule has 0 spiro atoms. The fraction of sp³-hybridized carbons (Fsp3) is 0.333. The monoisotopic (exact) mass is 228 g/mol. The van der Waals surface area contributed by atoms with Gasteiger partial charge in [-0.3, -0.25) is 0 Å². The van der Waals surface area contributed by atoms with Crippen molar-refractivity contribution in [3.63, 3.8) is 0 Å². The number of benzene rings is 1. The van der Waals surface area contributed by atoms with Gasteiger partial charge in [-0.25, -0.2) is 0 Å². The lowest BCUT2D eigenvalue weighted by atomic mass is 10.2. The molecule has 0 heterocycles. The van der Waals surface area contributed by atoms with Gasteiger partial charge in [0.05, 0.1) is 0 Å². The van der Waals surface area contributed by atoms with Crippen molar-refractivity contribution in [2.24, 2.45) is 5.92 Å². The van der Waals surface area contributed by atoms with Crippen LogP contribution in [0.2, 0.25) is 13.1 Å². The Balaban J connectivity index is 2.41. The maximum Gasteiger partial charge on any atom is 0.112 e. The summed E-state index contributed by atoms with van der Waals surface area (Å²) in [5, 5.41) is 3.15. The van der Waals surface area contributed by atoms with Crippen molar-refractivity contribution in [1.82, 2.24) is 0 Å². The van der Waals surface area contributed by atoms with Gasteiger partial charge in [-0.15, -0.1) is 0 Å². The van der Waals surface area contributed by atoms with Gasteiger partial charge in [0.15, 0.2) is 0 Å². The maximum atomic E-state index is 2.45. The third-order valence-corrected chi connectivity index (χ3v) is 7.22. The second-order valence-electron chi connectivity index (χ2n) is 5.28. The van der Waals surface area contributed by atoms with Gasteiger partial charge < -0.3 is 0 Å². The van der Waals surface area contributed by atoms with E-state index in [0.717, 1.165) is 0 Å². The molecule has 0 radical (unpaired) electrons. The number of rotatable bonds is 2. The summed E-state index contributed by atoms with van der Waals surface area (Å²) in [4.78, 5) is 0. The highest BCUT2D eigenvalue weighted by atomic mass is 28.3. The van der Waals surface area contributed by atoms with Crippen LogP contribution in [0.5, 0.6) is 0 Å². The molecule has 1 aliphatic rings. The first-order chi connectivity index (χ1) is 7.51. The Morgan fingerprint density at radius 3 is 2.12 bits per heavy atom. The van der Waals surface area contributed by atoms with Gasteiger partial charge in [0.2, 0.25) is 0 Å². The third kappa shape index (κ3) is 1.92. The SMILES string of the molecule is CC1=CC(C)C=C1[Si](C)(C)c1ccccc1. The average Bonchev–Trinajstić information content (AvgIpc) is 2.60. The highest BCUT2D eigenvalue weighted by Gasteiger charge is 2.31. The minimum atomic E-state index is -1.46. The number of allylic oxidation sites excluding steroid dienone is 4. The zero-order valence-electron chi connectivity index (χ0n) is 10.6. The zero-order chi connectivity index (χ0) is 11.8. The van der Waals surface area contributed by atoms with E-state index in [-0.39, 0.29) is 0 Å². The third-order valence-electron chi connectivity index (χ3n) is 3.54. The summed E-state index contributed by atoms with van der Waals surface area (Å²) in [6.07, 6.45) is 4.83. The molecule has 0 bridgehead atoms. The Morgan fingerprint density at radius 2 is 1.62 bits per heavy atom. The number of hydrogen-bond acceptors (Lipinski definition) is 0. The molecule has 1 unspecified atom stereocenters. The quantitative estimate of drug-likeness (QED) is 0.678. The Labute approximate surface area is 99.7 Å². The average molecular weight is 228 g/mol. The molecule has 0 N–H and O–H groups in total. The molecule has 1 aliphatic carbocycles. The van der Waals surface area contributed by atoms with Crippen molar-refractivity contribution in [2.45, 2.75) is 26.9 Å². The van der Waals surface area contributed by atoms with Crippen LogP contribution in [-0.4, -0.2) is 8.07 Å². The van der Waals surface area contributed by atoms with Crippen LogP contribution in [0.1, 0.15) is 13.8 Å². The van der Waals surface area contributed by atoms with Crippen LogP contribution in [0.4, 0.5) is 0 Å². The fourth-order valence-electron chi connectivity index (χ4n) is 2.64. The number of hydrogen-bond donors (Lipinski definition) is 0.